The van der Waals surface area contributed by atoms with Gasteiger partial charge in [0.15, 0.2) is 0 Å². The Morgan fingerprint density at radius 2 is 1.91 bits per heavy atom. The molecule has 5 nitrogen and oxygen atoms in total. The van der Waals surface area contributed by atoms with Crippen molar-refractivity contribution in [3.63, 3.8) is 0 Å². The number of imide groups is 1. The fourth-order valence-corrected chi connectivity index (χ4v) is 2.72. The number of rotatable bonds is 8. The molecule has 1 aromatic rings. The summed E-state index contributed by atoms with van der Waals surface area (Å²) in [6.07, 6.45) is 3.53. The van der Waals surface area contributed by atoms with Crippen LogP contribution >= 0.6 is 0 Å². The van der Waals surface area contributed by atoms with Crippen molar-refractivity contribution in [2.45, 2.75) is 58.0 Å². The monoisotopic (exact) mass is 317 g/mol. The first-order valence-electron chi connectivity index (χ1n) is 8.38. The lowest BCUT2D eigenvalue weighted by atomic mass is 10.0. The number of benzene rings is 1. The van der Waals surface area contributed by atoms with Crippen molar-refractivity contribution in [3.05, 3.63) is 35.4 Å². The zero-order chi connectivity index (χ0) is 16.8. The molecule has 1 saturated carbocycles. The number of nitrogens with two attached hydrogens (primary N) is 1. The number of amides is 3. The molecule has 0 aliphatic heterocycles. The highest BCUT2D eigenvalue weighted by Crippen LogP contribution is 2.28. The van der Waals surface area contributed by atoms with Gasteiger partial charge in [-0.2, -0.15) is 0 Å². The van der Waals surface area contributed by atoms with E-state index < -0.39 is 6.03 Å². The molecule has 0 unspecified atom stereocenters. The largest absolute Gasteiger partial charge is 0.351 e. The van der Waals surface area contributed by atoms with Gasteiger partial charge in [0.2, 0.25) is 5.91 Å². The lowest BCUT2D eigenvalue weighted by molar-refractivity contribution is -0.120. The summed E-state index contributed by atoms with van der Waals surface area (Å²) in [5.74, 6) is 0.252. The molecule has 0 spiro atoms. The minimum absolute atomic E-state index is 0.297. The average Bonchev–Trinajstić information content (AvgIpc) is 3.30. The Hall–Kier alpha value is -1.88. The van der Waals surface area contributed by atoms with Crippen LogP contribution < -0.4 is 11.1 Å². The molecule has 0 heterocycles. The zero-order valence-corrected chi connectivity index (χ0v) is 14.0. The van der Waals surface area contributed by atoms with Crippen molar-refractivity contribution < 1.29 is 9.59 Å². The Balaban J connectivity index is 1.82. The van der Waals surface area contributed by atoms with Crippen LogP contribution in [0.15, 0.2) is 24.3 Å². The molecule has 0 saturated heterocycles. The number of hydrogen-bond donors (Lipinski definition) is 2. The summed E-state index contributed by atoms with van der Waals surface area (Å²) < 4.78 is 0. The van der Waals surface area contributed by atoms with Crippen LogP contribution in [0.2, 0.25) is 0 Å². The van der Waals surface area contributed by atoms with Gasteiger partial charge in [-0.1, -0.05) is 38.1 Å². The van der Waals surface area contributed by atoms with E-state index >= 15 is 0 Å². The van der Waals surface area contributed by atoms with E-state index in [9.17, 15) is 9.59 Å². The highest BCUT2D eigenvalue weighted by Gasteiger charge is 2.28. The number of urea groups is 1. The molecule has 2 rings (SSSR count). The Morgan fingerprint density at radius 1 is 1.26 bits per heavy atom. The van der Waals surface area contributed by atoms with Crippen molar-refractivity contribution >= 4 is 11.9 Å². The normalized spacial score (nSPS) is 14.3. The van der Waals surface area contributed by atoms with Crippen molar-refractivity contribution in [1.29, 1.82) is 0 Å². The minimum atomic E-state index is -0.778. The van der Waals surface area contributed by atoms with Gasteiger partial charge in [0.05, 0.1) is 0 Å². The molecular formula is C18H27N3O2. The average molecular weight is 317 g/mol. The molecular weight excluding hydrogens is 290 g/mol. The number of carbonyl (C=O) groups is 2. The molecule has 0 aromatic heterocycles. The highest BCUT2D eigenvalue weighted by molar-refractivity contribution is 5.93. The summed E-state index contributed by atoms with van der Waals surface area (Å²) in [6, 6.07) is 8.66. The first kappa shape index (κ1) is 17.5. The third-order valence-electron chi connectivity index (χ3n) is 4.21. The Bertz CT molecular complexity index is 536. The Kier molecular flexibility index (Phi) is 6.16. The van der Waals surface area contributed by atoms with E-state index in [1.165, 1.54) is 24.0 Å². The van der Waals surface area contributed by atoms with Gasteiger partial charge in [0.1, 0.15) is 0 Å². The lowest BCUT2D eigenvalue weighted by Gasteiger charge is -2.22. The fraction of sp³-hybridized carbons (Fsp3) is 0.556. The van der Waals surface area contributed by atoms with Crippen LogP contribution in [0.25, 0.3) is 0 Å². The van der Waals surface area contributed by atoms with Gasteiger partial charge < -0.3 is 5.73 Å². The third kappa shape index (κ3) is 6.02. The van der Waals surface area contributed by atoms with E-state index in [0.29, 0.717) is 18.4 Å². The van der Waals surface area contributed by atoms with E-state index in [1.54, 1.807) is 0 Å². The summed E-state index contributed by atoms with van der Waals surface area (Å²) in [6.45, 7) is 6.18. The van der Waals surface area contributed by atoms with Gasteiger partial charge in [-0.25, -0.2) is 4.79 Å². The van der Waals surface area contributed by atoms with Crippen molar-refractivity contribution in [1.82, 2.24) is 10.2 Å². The second kappa shape index (κ2) is 8.11. The molecule has 1 aliphatic rings. The molecule has 126 valence electrons. The zero-order valence-electron chi connectivity index (χ0n) is 14.0. The van der Waals surface area contributed by atoms with Gasteiger partial charge in [0, 0.05) is 19.0 Å². The molecule has 5 heteroatoms. The molecule has 1 aromatic carbocycles. The summed E-state index contributed by atoms with van der Waals surface area (Å²) in [4.78, 5) is 24.5. The van der Waals surface area contributed by atoms with Crippen LogP contribution in [-0.2, 0) is 11.3 Å². The van der Waals surface area contributed by atoms with Crippen LogP contribution in [0.1, 0.15) is 56.6 Å². The maximum Gasteiger partial charge on any atom is 0.318 e. The quantitative estimate of drug-likeness (QED) is 0.774. The number of hydrogen-bond acceptors (Lipinski definition) is 3. The van der Waals surface area contributed by atoms with Crippen LogP contribution in [0.5, 0.6) is 0 Å². The van der Waals surface area contributed by atoms with E-state index in [4.69, 9.17) is 5.73 Å². The molecule has 3 amide bonds. The van der Waals surface area contributed by atoms with Crippen LogP contribution in [-0.4, -0.2) is 29.4 Å². The van der Waals surface area contributed by atoms with Crippen LogP contribution in [0.4, 0.5) is 4.79 Å². The number of carbonyl (C=O) groups excluding carboxylic acids is 2. The van der Waals surface area contributed by atoms with E-state index in [1.807, 2.05) is 0 Å². The SMILES string of the molecule is CC(C)c1ccc(CN(CCCC(=O)NC(N)=O)C2CC2)cc1. The molecule has 1 aliphatic carbocycles. The maximum atomic E-state index is 11.4. The minimum Gasteiger partial charge on any atom is -0.351 e. The van der Waals surface area contributed by atoms with Gasteiger partial charge in [-0.3, -0.25) is 15.0 Å². The van der Waals surface area contributed by atoms with Crippen molar-refractivity contribution in [2.24, 2.45) is 5.73 Å². The van der Waals surface area contributed by atoms with E-state index in [-0.39, 0.29) is 5.91 Å². The van der Waals surface area contributed by atoms with Crippen molar-refractivity contribution in [2.75, 3.05) is 6.54 Å². The fourth-order valence-electron chi connectivity index (χ4n) is 2.72. The summed E-state index contributed by atoms with van der Waals surface area (Å²) >= 11 is 0. The summed E-state index contributed by atoms with van der Waals surface area (Å²) in [7, 11) is 0. The van der Waals surface area contributed by atoms with Crippen molar-refractivity contribution in [3.8, 4) is 0 Å². The predicted octanol–water partition coefficient (Wildman–Crippen LogP) is 2.75. The number of nitrogens with one attached hydrogen (secondary N) is 1. The molecule has 3 N–H and O–H groups in total. The van der Waals surface area contributed by atoms with Crippen LogP contribution in [0.3, 0.4) is 0 Å². The first-order chi connectivity index (χ1) is 11.0. The van der Waals surface area contributed by atoms with Gasteiger partial charge in [0.25, 0.3) is 0 Å². The van der Waals surface area contributed by atoms with E-state index in [0.717, 1.165) is 19.5 Å². The summed E-state index contributed by atoms with van der Waals surface area (Å²) in [5.41, 5.74) is 7.60. The smallest absolute Gasteiger partial charge is 0.318 e. The van der Waals surface area contributed by atoms with Gasteiger partial charge >= 0.3 is 6.03 Å². The molecule has 1 fully saturated rings. The molecule has 0 bridgehead atoms. The molecule has 23 heavy (non-hydrogen) atoms. The molecule has 0 atom stereocenters. The van der Waals surface area contributed by atoms with Crippen LogP contribution in [0, 0.1) is 0 Å². The maximum absolute atomic E-state index is 11.4. The second-order valence-electron chi connectivity index (χ2n) is 6.61. The second-order valence-corrected chi connectivity index (χ2v) is 6.61. The topological polar surface area (TPSA) is 75.4 Å². The number of nitrogens with zero attached hydrogens (tertiary/aromatic N) is 1. The Morgan fingerprint density at radius 3 is 2.43 bits per heavy atom. The van der Waals surface area contributed by atoms with Gasteiger partial charge in [-0.15, -0.1) is 0 Å². The van der Waals surface area contributed by atoms with E-state index in [2.05, 4.69) is 48.3 Å². The third-order valence-corrected chi connectivity index (χ3v) is 4.21. The van der Waals surface area contributed by atoms with Gasteiger partial charge in [-0.05, 0) is 42.9 Å². The number of primary amides is 1. The molecule has 0 radical (unpaired) electrons. The first-order valence-corrected chi connectivity index (χ1v) is 8.38. The highest BCUT2D eigenvalue weighted by atomic mass is 16.2. The lowest BCUT2D eigenvalue weighted by Crippen LogP contribution is -2.35. The summed E-state index contributed by atoms with van der Waals surface area (Å²) in [5, 5.41) is 2.11. The standard InChI is InChI=1S/C18H27N3O2/c1-13(2)15-7-5-14(6-8-15)12-21(16-9-10-16)11-3-4-17(22)20-18(19)23/h5-8,13,16H,3-4,9-12H2,1-2H3,(H3,19,20,22,23). The Labute approximate surface area is 138 Å². The predicted molar refractivity (Wildman–Crippen MR) is 90.9 cm³/mol.